The number of Topliss-reactive ketones (excluding diaryl/α,β-unsaturated/α-hetero) is 1. The number of ether oxygens (including phenoxy) is 1. The monoisotopic (exact) mass is 307 g/mol. The Morgan fingerprint density at radius 3 is 2.62 bits per heavy atom. The van der Waals surface area contributed by atoms with Crippen LogP contribution in [0.2, 0.25) is 0 Å². The molecule has 21 heavy (non-hydrogen) atoms. The van der Waals surface area contributed by atoms with E-state index < -0.39 is 0 Å². The van der Waals surface area contributed by atoms with Crippen molar-refractivity contribution in [2.75, 3.05) is 18.6 Å². The Kier molecular flexibility index (Phi) is 4.67. The third kappa shape index (κ3) is 3.44. The van der Waals surface area contributed by atoms with E-state index in [0.717, 1.165) is 0 Å². The molecule has 1 aliphatic heterocycles. The van der Waals surface area contributed by atoms with Crippen LogP contribution in [0.4, 0.5) is 5.69 Å². The van der Waals surface area contributed by atoms with Crippen molar-refractivity contribution in [3.63, 3.8) is 0 Å². The van der Waals surface area contributed by atoms with Gasteiger partial charge in [0.2, 0.25) is 5.91 Å². The highest BCUT2D eigenvalue weighted by Gasteiger charge is 2.32. The highest BCUT2D eigenvalue weighted by atomic mass is 32.2. The number of methoxy groups -OCH3 is 1. The molecule has 1 aromatic carbocycles. The third-order valence-corrected chi connectivity index (χ3v) is 4.28. The Labute approximate surface area is 127 Å². The fourth-order valence-electron chi connectivity index (χ4n) is 2.38. The standard InChI is InChI=1S/C15H17NO4S/c1-9(17)13-5-4-11(6-14(13)20-3)16-8-12(7-15(16)19)21-10(2)18/h4-6,12H,7-8H2,1-3H3. The van der Waals surface area contributed by atoms with Gasteiger partial charge in [0.1, 0.15) is 5.75 Å². The van der Waals surface area contributed by atoms with Crippen LogP contribution in [0.3, 0.4) is 0 Å². The lowest BCUT2D eigenvalue weighted by atomic mass is 10.1. The van der Waals surface area contributed by atoms with E-state index in [0.29, 0.717) is 30.0 Å². The highest BCUT2D eigenvalue weighted by Crippen LogP contribution is 2.32. The molecule has 0 aliphatic carbocycles. The van der Waals surface area contributed by atoms with E-state index >= 15 is 0 Å². The van der Waals surface area contributed by atoms with Crippen molar-refractivity contribution < 1.29 is 19.1 Å². The number of rotatable bonds is 4. The predicted octanol–water partition coefficient (Wildman–Crippen LogP) is 2.28. The summed E-state index contributed by atoms with van der Waals surface area (Å²) in [6.07, 6.45) is 0.348. The molecular formula is C15H17NO4S. The fraction of sp³-hybridized carbons (Fsp3) is 0.400. The smallest absolute Gasteiger partial charge is 0.228 e. The van der Waals surface area contributed by atoms with Crippen molar-refractivity contribution in [2.45, 2.75) is 25.5 Å². The van der Waals surface area contributed by atoms with Gasteiger partial charge in [-0.3, -0.25) is 14.4 Å². The molecule has 0 aromatic heterocycles. The number of hydrogen-bond donors (Lipinski definition) is 0. The van der Waals surface area contributed by atoms with Gasteiger partial charge in [0.05, 0.1) is 12.7 Å². The van der Waals surface area contributed by atoms with Gasteiger partial charge in [0.15, 0.2) is 10.9 Å². The second kappa shape index (κ2) is 6.30. The van der Waals surface area contributed by atoms with Crippen molar-refractivity contribution in [3.8, 4) is 5.75 Å². The van der Waals surface area contributed by atoms with Gasteiger partial charge < -0.3 is 9.64 Å². The van der Waals surface area contributed by atoms with Gasteiger partial charge >= 0.3 is 0 Å². The number of benzene rings is 1. The van der Waals surface area contributed by atoms with Crippen LogP contribution >= 0.6 is 11.8 Å². The van der Waals surface area contributed by atoms with Gasteiger partial charge in [0, 0.05) is 36.9 Å². The Bertz CT molecular complexity index is 599. The number of carbonyl (C=O) groups is 3. The molecule has 1 heterocycles. The first-order valence-electron chi connectivity index (χ1n) is 6.59. The molecule has 2 rings (SSSR count). The maximum absolute atomic E-state index is 12.1. The predicted molar refractivity (Wildman–Crippen MR) is 82.0 cm³/mol. The first kappa shape index (κ1) is 15.6. The number of anilines is 1. The molecule has 1 saturated heterocycles. The SMILES string of the molecule is COc1cc(N2CC(SC(C)=O)CC2=O)ccc1C(C)=O. The van der Waals surface area contributed by atoms with Gasteiger partial charge in [-0.05, 0) is 19.1 Å². The molecule has 0 radical (unpaired) electrons. The van der Waals surface area contributed by atoms with Crippen LogP contribution in [0.15, 0.2) is 18.2 Å². The van der Waals surface area contributed by atoms with Crippen molar-refractivity contribution in [1.29, 1.82) is 0 Å². The highest BCUT2D eigenvalue weighted by molar-refractivity contribution is 8.14. The normalized spacial score (nSPS) is 18.0. The summed E-state index contributed by atoms with van der Waals surface area (Å²) in [5.41, 5.74) is 1.18. The molecule has 1 aliphatic rings. The van der Waals surface area contributed by atoms with Crippen molar-refractivity contribution in [1.82, 2.24) is 0 Å². The molecular weight excluding hydrogens is 290 g/mol. The lowest BCUT2D eigenvalue weighted by Crippen LogP contribution is -2.25. The lowest BCUT2D eigenvalue weighted by Gasteiger charge is -2.18. The summed E-state index contributed by atoms with van der Waals surface area (Å²) < 4.78 is 5.22. The number of thioether (sulfide) groups is 1. The molecule has 6 heteroatoms. The van der Waals surface area contributed by atoms with Gasteiger partial charge in [0.25, 0.3) is 0 Å². The maximum atomic E-state index is 12.1. The maximum Gasteiger partial charge on any atom is 0.228 e. The Balaban J connectivity index is 2.24. The third-order valence-electron chi connectivity index (χ3n) is 3.30. The average molecular weight is 307 g/mol. The van der Waals surface area contributed by atoms with Crippen molar-refractivity contribution in [2.24, 2.45) is 0 Å². The summed E-state index contributed by atoms with van der Waals surface area (Å²) in [6.45, 7) is 3.46. The number of hydrogen-bond acceptors (Lipinski definition) is 5. The molecule has 1 aromatic rings. The minimum atomic E-state index is -0.0869. The minimum Gasteiger partial charge on any atom is -0.496 e. The number of carbonyl (C=O) groups excluding carboxylic acids is 3. The summed E-state index contributed by atoms with van der Waals surface area (Å²) in [7, 11) is 1.49. The number of nitrogens with zero attached hydrogens (tertiary/aromatic N) is 1. The molecule has 1 atom stereocenters. The van der Waals surface area contributed by atoms with Crippen LogP contribution in [0.25, 0.3) is 0 Å². The molecule has 1 amide bonds. The van der Waals surface area contributed by atoms with Crippen molar-refractivity contribution in [3.05, 3.63) is 23.8 Å². The molecule has 0 N–H and O–H groups in total. The summed E-state index contributed by atoms with van der Waals surface area (Å²) in [6, 6.07) is 5.09. The Morgan fingerprint density at radius 2 is 2.05 bits per heavy atom. The quantitative estimate of drug-likeness (QED) is 0.799. The van der Waals surface area contributed by atoms with E-state index in [1.165, 1.54) is 32.7 Å². The summed E-state index contributed by atoms with van der Waals surface area (Å²) >= 11 is 1.20. The molecule has 0 spiro atoms. The first-order valence-corrected chi connectivity index (χ1v) is 7.47. The molecule has 5 nitrogen and oxygen atoms in total. The van der Waals surface area contributed by atoms with E-state index in [1.54, 1.807) is 23.1 Å². The largest absolute Gasteiger partial charge is 0.496 e. The van der Waals surface area contributed by atoms with Gasteiger partial charge in [-0.1, -0.05) is 11.8 Å². The van der Waals surface area contributed by atoms with Gasteiger partial charge in [-0.15, -0.1) is 0 Å². The molecule has 1 unspecified atom stereocenters. The number of amides is 1. The zero-order chi connectivity index (χ0) is 15.6. The van der Waals surface area contributed by atoms with Crippen LogP contribution < -0.4 is 9.64 Å². The first-order chi connectivity index (χ1) is 9.92. The van der Waals surface area contributed by atoms with E-state index in [9.17, 15) is 14.4 Å². The molecule has 1 fully saturated rings. The number of ketones is 1. The van der Waals surface area contributed by atoms with Crippen molar-refractivity contribution >= 4 is 34.3 Å². The summed E-state index contributed by atoms with van der Waals surface area (Å²) in [5.74, 6) is 0.345. The topological polar surface area (TPSA) is 63.7 Å². The van der Waals surface area contributed by atoms with Crippen LogP contribution in [0.1, 0.15) is 30.6 Å². The Morgan fingerprint density at radius 1 is 1.33 bits per heavy atom. The molecule has 0 bridgehead atoms. The van der Waals surface area contributed by atoms with Crippen LogP contribution in [-0.4, -0.2) is 35.7 Å². The van der Waals surface area contributed by atoms with E-state index in [1.807, 2.05) is 0 Å². The van der Waals surface area contributed by atoms with E-state index in [-0.39, 0.29) is 22.1 Å². The average Bonchev–Trinajstić information content (AvgIpc) is 2.77. The van der Waals surface area contributed by atoms with Crippen LogP contribution in [-0.2, 0) is 9.59 Å². The second-order valence-corrected chi connectivity index (χ2v) is 6.36. The minimum absolute atomic E-state index is 0.0131. The summed E-state index contributed by atoms with van der Waals surface area (Å²) in [4.78, 5) is 36.3. The van der Waals surface area contributed by atoms with Gasteiger partial charge in [-0.25, -0.2) is 0 Å². The van der Waals surface area contributed by atoms with Crippen LogP contribution in [0, 0.1) is 0 Å². The fourth-order valence-corrected chi connectivity index (χ4v) is 3.30. The summed E-state index contributed by atoms with van der Waals surface area (Å²) in [5, 5.41) is -0.00682. The van der Waals surface area contributed by atoms with E-state index in [2.05, 4.69) is 0 Å². The van der Waals surface area contributed by atoms with E-state index in [4.69, 9.17) is 4.74 Å². The lowest BCUT2D eigenvalue weighted by molar-refractivity contribution is -0.117. The Hall–Kier alpha value is -1.82. The molecule has 112 valence electrons. The molecule has 0 saturated carbocycles. The van der Waals surface area contributed by atoms with Crippen LogP contribution in [0.5, 0.6) is 5.75 Å². The zero-order valence-corrected chi connectivity index (χ0v) is 13.0. The zero-order valence-electron chi connectivity index (χ0n) is 12.2. The second-order valence-electron chi connectivity index (χ2n) is 4.88. The van der Waals surface area contributed by atoms with Gasteiger partial charge in [-0.2, -0.15) is 0 Å².